The Kier molecular flexibility index (Phi) is 5.81. The van der Waals surface area contributed by atoms with E-state index in [4.69, 9.17) is 30.3 Å². The molecule has 2 aromatic carbocycles. The van der Waals surface area contributed by atoms with Crippen molar-refractivity contribution in [2.24, 2.45) is 0 Å². The standard InChI is InChI=1S/C19H17ClFNO5/c1-3-24-11-5-6-12(14(21)9-11)18-13-7-8-15(17(20)19(13)27-22-18)26-10-16(23)25-4-2/h5-9H,3-4,10H2,1-2H3. The van der Waals surface area contributed by atoms with E-state index in [1.54, 1.807) is 31.2 Å². The van der Waals surface area contributed by atoms with Crippen LogP contribution >= 0.6 is 11.6 Å². The van der Waals surface area contributed by atoms with E-state index in [-0.39, 0.29) is 35.1 Å². The number of esters is 1. The van der Waals surface area contributed by atoms with E-state index in [2.05, 4.69) is 5.16 Å². The quantitative estimate of drug-likeness (QED) is 0.545. The van der Waals surface area contributed by atoms with Crippen LogP contribution in [0.2, 0.25) is 5.02 Å². The number of ether oxygens (including phenoxy) is 3. The molecule has 0 aliphatic rings. The zero-order valence-electron chi connectivity index (χ0n) is 14.8. The molecule has 0 unspecified atom stereocenters. The molecule has 1 aromatic heterocycles. The second-order valence-electron chi connectivity index (χ2n) is 5.45. The summed E-state index contributed by atoms with van der Waals surface area (Å²) in [6.45, 7) is 3.94. The van der Waals surface area contributed by atoms with Crippen molar-refractivity contribution in [2.45, 2.75) is 13.8 Å². The van der Waals surface area contributed by atoms with Gasteiger partial charge >= 0.3 is 5.97 Å². The maximum absolute atomic E-state index is 14.5. The monoisotopic (exact) mass is 393 g/mol. The lowest BCUT2D eigenvalue weighted by molar-refractivity contribution is -0.145. The predicted octanol–water partition coefficient (Wildman–Crippen LogP) is 4.63. The molecule has 0 saturated heterocycles. The van der Waals surface area contributed by atoms with E-state index < -0.39 is 11.8 Å². The Morgan fingerprint density at radius 3 is 2.70 bits per heavy atom. The molecule has 0 aliphatic heterocycles. The van der Waals surface area contributed by atoms with Gasteiger partial charge in [0.1, 0.15) is 28.0 Å². The molecule has 6 nitrogen and oxygen atoms in total. The van der Waals surface area contributed by atoms with Crippen molar-refractivity contribution in [3.05, 3.63) is 41.2 Å². The molecule has 0 fully saturated rings. The normalized spacial score (nSPS) is 10.8. The zero-order valence-corrected chi connectivity index (χ0v) is 15.5. The van der Waals surface area contributed by atoms with Gasteiger partial charge in [0, 0.05) is 11.6 Å². The Labute approximate surface area is 159 Å². The van der Waals surface area contributed by atoms with Crippen molar-refractivity contribution < 1.29 is 27.9 Å². The molecular formula is C19H17ClFNO5. The molecule has 27 heavy (non-hydrogen) atoms. The van der Waals surface area contributed by atoms with Gasteiger partial charge in [0.25, 0.3) is 0 Å². The van der Waals surface area contributed by atoms with Crippen LogP contribution in [0.3, 0.4) is 0 Å². The first-order valence-electron chi connectivity index (χ1n) is 8.34. The minimum atomic E-state index is -0.511. The number of halogens is 2. The molecule has 0 atom stereocenters. The van der Waals surface area contributed by atoms with Crippen LogP contribution in [-0.2, 0) is 9.53 Å². The number of benzene rings is 2. The van der Waals surface area contributed by atoms with Crippen LogP contribution in [0.4, 0.5) is 4.39 Å². The molecule has 0 bridgehead atoms. The molecule has 8 heteroatoms. The largest absolute Gasteiger partial charge is 0.494 e. The zero-order chi connectivity index (χ0) is 19.4. The average molecular weight is 394 g/mol. The predicted molar refractivity (Wildman–Crippen MR) is 97.7 cm³/mol. The highest BCUT2D eigenvalue weighted by molar-refractivity contribution is 6.36. The van der Waals surface area contributed by atoms with Gasteiger partial charge in [-0.15, -0.1) is 0 Å². The second kappa shape index (κ2) is 8.26. The van der Waals surface area contributed by atoms with Crippen molar-refractivity contribution in [1.82, 2.24) is 5.16 Å². The fraction of sp³-hybridized carbons (Fsp3) is 0.263. The Morgan fingerprint density at radius 1 is 1.19 bits per heavy atom. The van der Waals surface area contributed by atoms with Gasteiger partial charge in [-0.3, -0.25) is 0 Å². The average Bonchev–Trinajstić information content (AvgIpc) is 3.06. The summed E-state index contributed by atoms with van der Waals surface area (Å²) in [5, 5.41) is 4.60. The molecule has 0 radical (unpaired) electrons. The first kappa shape index (κ1) is 19.0. The van der Waals surface area contributed by atoms with Gasteiger partial charge in [0.2, 0.25) is 0 Å². The van der Waals surface area contributed by atoms with Crippen LogP contribution in [0.15, 0.2) is 34.9 Å². The number of carbonyl (C=O) groups is 1. The molecule has 1 heterocycles. The maximum atomic E-state index is 14.5. The number of hydrogen-bond donors (Lipinski definition) is 0. The van der Waals surface area contributed by atoms with Crippen LogP contribution in [0, 0.1) is 5.82 Å². The second-order valence-corrected chi connectivity index (χ2v) is 5.83. The number of nitrogens with zero attached hydrogens (tertiary/aromatic N) is 1. The molecule has 3 aromatic rings. The highest BCUT2D eigenvalue weighted by Crippen LogP contribution is 2.38. The molecular weight excluding hydrogens is 377 g/mol. The van der Waals surface area contributed by atoms with Gasteiger partial charge in [-0.2, -0.15) is 0 Å². The smallest absolute Gasteiger partial charge is 0.344 e. The van der Waals surface area contributed by atoms with Crippen LogP contribution in [-0.4, -0.2) is 30.9 Å². The van der Waals surface area contributed by atoms with Crippen LogP contribution in [0.1, 0.15) is 13.8 Å². The van der Waals surface area contributed by atoms with Crippen LogP contribution < -0.4 is 9.47 Å². The third kappa shape index (κ3) is 3.98. The van der Waals surface area contributed by atoms with Gasteiger partial charge in [-0.05, 0) is 38.1 Å². The van der Waals surface area contributed by atoms with Crippen LogP contribution in [0.5, 0.6) is 11.5 Å². The van der Waals surface area contributed by atoms with Crippen molar-refractivity contribution in [2.75, 3.05) is 19.8 Å². The van der Waals surface area contributed by atoms with Gasteiger partial charge in [-0.1, -0.05) is 16.8 Å². The summed E-state index contributed by atoms with van der Waals surface area (Å²) in [5.41, 5.74) is 0.805. The van der Waals surface area contributed by atoms with E-state index >= 15 is 0 Å². The number of fused-ring (bicyclic) bond motifs is 1. The number of hydrogen-bond acceptors (Lipinski definition) is 6. The Hall–Kier alpha value is -2.80. The lowest BCUT2D eigenvalue weighted by atomic mass is 10.1. The molecule has 142 valence electrons. The Balaban J connectivity index is 1.91. The van der Waals surface area contributed by atoms with Crippen molar-refractivity contribution in [3.63, 3.8) is 0 Å². The summed E-state index contributed by atoms with van der Waals surface area (Å²) in [4.78, 5) is 11.4. The van der Waals surface area contributed by atoms with E-state index in [0.717, 1.165) is 0 Å². The molecule has 0 amide bonds. The lowest BCUT2D eigenvalue weighted by Gasteiger charge is -2.08. The SMILES string of the molecule is CCOC(=O)COc1ccc2c(-c3ccc(OCC)cc3F)noc2c1Cl. The first-order valence-corrected chi connectivity index (χ1v) is 8.72. The first-order chi connectivity index (χ1) is 13.0. The van der Waals surface area contributed by atoms with Gasteiger partial charge < -0.3 is 18.7 Å². The van der Waals surface area contributed by atoms with E-state index in [0.29, 0.717) is 23.4 Å². The summed E-state index contributed by atoms with van der Waals surface area (Å²) in [7, 11) is 0. The third-order valence-corrected chi connectivity index (χ3v) is 4.06. The Bertz CT molecular complexity index is 972. The summed E-state index contributed by atoms with van der Waals surface area (Å²) in [6.07, 6.45) is 0. The molecule has 0 aliphatic carbocycles. The minimum absolute atomic E-state index is 0.141. The number of rotatable bonds is 7. The molecule has 0 N–H and O–H groups in total. The maximum Gasteiger partial charge on any atom is 0.344 e. The highest BCUT2D eigenvalue weighted by atomic mass is 35.5. The third-order valence-electron chi connectivity index (χ3n) is 3.70. The van der Waals surface area contributed by atoms with Crippen molar-refractivity contribution >= 4 is 28.5 Å². The molecule has 0 saturated carbocycles. The number of aromatic nitrogens is 1. The fourth-order valence-corrected chi connectivity index (χ4v) is 2.80. The van der Waals surface area contributed by atoms with E-state index in [9.17, 15) is 9.18 Å². The topological polar surface area (TPSA) is 70.8 Å². The molecule has 3 rings (SSSR count). The lowest BCUT2D eigenvalue weighted by Crippen LogP contribution is -2.14. The summed E-state index contributed by atoms with van der Waals surface area (Å²) < 4.78 is 35.2. The number of carbonyl (C=O) groups excluding carboxylic acids is 1. The summed E-state index contributed by atoms with van der Waals surface area (Å²) in [5.74, 6) is -0.329. The van der Waals surface area contributed by atoms with Gasteiger partial charge in [0.15, 0.2) is 12.2 Å². The van der Waals surface area contributed by atoms with Crippen molar-refractivity contribution in [3.8, 4) is 22.8 Å². The fourth-order valence-electron chi connectivity index (χ4n) is 2.54. The van der Waals surface area contributed by atoms with E-state index in [1.165, 1.54) is 6.07 Å². The Morgan fingerprint density at radius 2 is 2.00 bits per heavy atom. The van der Waals surface area contributed by atoms with Gasteiger partial charge in [-0.25, -0.2) is 9.18 Å². The van der Waals surface area contributed by atoms with Crippen LogP contribution in [0.25, 0.3) is 22.2 Å². The van der Waals surface area contributed by atoms with Crippen molar-refractivity contribution in [1.29, 1.82) is 0 Å². The van der Waals surface area contributed by atoms with E-state index in [1.807, 2.05) is 6.92 Å². The highest BCUT2D eigenvalue weighted by Gasteiger charge is 2.19. The van der Waals surface area contributed by atoms with Gasteiger partial charge in [0.05, 0.1) is 18.6 Å². The minimum Gasteiger partial charge on any atom is -0.494 e. The molecule has 0 spiro atoms. The summed E-state index contributed by atoms with van der Waals surface area (Å²) >= 11 is 6.28. The summed E-state index contributed by atoms with van der Waals surface area (Å²) in [6, 6.07) is 7.72.